The van der Waals surface area contributed by atoms with Gasteiger partial charge in [-0.15, -0.1) is 11.8 Å². The van der Waals surface area contributed by atoms with Crippen LogP contribution in [-0.4, -0.2) is 24.7 Å². The van der Waals surface area contributed by atoms with Crippen LogP contribution < -0.4 is 11.1 Å². The lowest BCUT2D eigenvalue weighted by atomic mass is 10.1. The summed E-state index contributed by atoms with van der Waals surface area (Å²) in [6, 6.07) is 10.0. The molecule has 0 spiro atoms. The molecule has 0 unspecified atom stereocenters. The van der Waals surface area contributed by atoms with E-state index in [1.54, 1.807) is 12.1 Å². The summed E-state index contributed by atoms with van der Waals surface area (Å²) in [6.45, 7) is 0. The zero-order valence-electron chi connectivity index (χ0n) is 12.6. The number of hydrogen-bond acceptors (Lipinski definition) is 5. The van der Waals surface area contributed by atoms with E-state index in [-0.39, 0.29) is 27.9 Å². The Kier molecular flexibility index (Phi) is 6.36. The quantitative estimate of drug-likeness (QED) is 0.460. The highest BCUT2D eigenvalue weighted by molar-refractivity contribution is 8.00. The van der Waals surface area contributed by atoms with Crippen LogP contribution in [0.2, 0.25) is 10.0 Å². The van der Waals surface area contributed by atoms with Crippen molar-refractivity contribution in [3.05, 3.63) is 52.0 Å². The number of carbonyl (C=O) groups is 2. The zero-order chi connectivity index (χ0) is 17.7. The number of anilines is 2. The van der Waals surface area contributed by atoms with Gasteiger partial charge in [-0.25, -0.2) is 4.79 Å². The van der Waals surface area contributed by atoms with Gasteiger partial charge in [-0.1, -0.05) is 23.2 Å². The van der Waals surface area contributed by atoms with Crippen molar-refractivity contribution in [3.8, 4) is 0 Å². The van der Waals surface area contributed by atoms with E-state index in [1.807, 2.05) is 12.1 Å². The Labute approximate surface area is 153 Å². The number of esters is 1. The summed E-state index contributed by atoms with van der Waals surface area (Å²) in [7, 11) is 1.23. The van der Waals surface area contributed by atoms with Crippen LogP contribution in [0.5, 0.6) is 0 Å². The lowest BCUT2D eigenvalue weighted by Gasteiger charge is -2.12. The smallest absolute Gasteiger partial charge is 0.341 e. The minimum absolute atomic E-state index is 0.0643. The second-order valence-electron chi connectivity index (χ2n) is 4.71. The molecule has 0 fully saturated rings. The van der Waals surface area contributed by atoms with Crippen molar-refractivity contribution in [3.63, 3.8) is 0 Å². The number of rotatable bonds is 5. The van der Waals surface area contributed by atoms with E-state index >= 15 is 0 Å². The molecule has 0 atom stereocenters. The highest BCUT2D eigenvalue weighted by atomic mass is 35.5. The van der Waals surface area contributed by atoms with Crippen LogP contribution in [0.3, 0.4) is 0 Å². The van der Waals surface area contributed by atoms with Crippen LogP contribution in [0.15, 0.2) is 41.3 Å². The molecule has 0 heterocycles. The summed E-state index contributed by atoms with van der Waals surface area (Å²) in [6.07, 6.45) is 0. The number of methoxy groups -OCH3 is 1. The van der Waals surface area contributed by atoms with Crippen molar-refractivity contribution >= 4 is 58.2 Å². The fraction of sp³-hybridized carbons (Fsp3) is 0.125. The topological polar surface area (TPSA) is 81.4 Å². The van der Waals surface area contributed by atoms with Gasteiger partial charge in [-0.3, -0.25) is 4.79 Å². The number of amides is 1. The number of benzene rings is 2. The molecule has 2 aromatic rings. The van der Waals surface area contributed by atoms with Gasteiger partial charge in [0.15, 0.2) is 0 Å². The molecule has 0 aliphatic rings. The van der Waals surface area contributed by atoms with E-state index < -0.39 is 5.97 Å². The Morgan fingerprint density at radius 1 is 1.21 bits per heavy atom. The minimum atomic E-state index is -0.654. The maximum Gasteiger partial charge on any atom is 0.341 e. The van der Waals surface area contributed by atoms with Gasteiger partial charge in [0.1, 0.15) is 5.56 Å². The van der Waals surface area contributed by atoms with Gasteiger partial charge in [0.25, 0.3) is 0 Å². The molecule has 2 rings (SSSR count). The van der Waals surface area contributed by atoms with Crippen LogP contribution in [-0.2, 0) is 9.53 Å². The first-order chi connectivity index (χ1) is 11.4. The van der Waals surface area contributed by atoms with Crippen LogP contribution in [0, 0.1) is 0 Å². The summed E-state index contributed by atoms with van der Waals surface area (Å²) < 4.78 is 4.68. The summed E-state index contributed by atoms with van der Waals surface area (Å²) >= 11 is 13.3. The molecule has 8 heteroatoms. The first-order valence-electron chi connectivity index (χ1n) is 6.76. The third-order valence-electron chi connectivity index (χ3n) is 2.97. The second kappa shape index (κ2) is 8.28. The molecule has 0 saturated carbocycles. The van der Waals surface area contributed by atoms with E-state index in [0.717, 1.165) is 4.90 Å². The minimum Gasteiger partial charge on any atom is -0.465 e. The average Bonchev–Trinajstić information content (AvgIpc) is 2.53. The molecule has 0 aliphatic carbocycles. The Hall–Kier alpha value is -1.89. The lowest BCUT2D eigenvalue weighted by Crippen LogP contribution is -2.17. The normalized spacial score (nSPS) is 10.3. The number of ether oxygens (including phenoxy) is 1. The molecule has 0 aromatic heterocycles. The van der Waals surface area contributed by atoms with Gasteiger partial charge in [-0.2, -0.15) is 0 Å². The fourth-order valence-electron chi connectivity index (χ4n) is 1.88. The third kappa shape index (κ3) is 4.80. The van der Waals surface area contributed by atoms with E-state index in [1.165, 1.54) is 31.0 Å². The van der Waals surface area contributed by atoms with E-state index in [9.17, 15) is 9.59 Å². The number of thioether (sulfide) groups is 1. The molecule has 0 radical (unpaired) electrons. The Balaban J connectivity index is 2.10. The van der Waals surface area contributed by atoms with Crippen molar-refractivity contribution in [2.45, 2.75) is 4.90 Å². The van der Waals surface area contributed by atoms with Crippen molar-refractivity contribution < 1.29 is 14.3 Å². The molecular weight excluding hydrogens is 371 g/mol. The van der Waals surface area contributed by atoms with Gasteiger partial charge in [-0.05, 0) is 36.4 Å². The molecule has 0 bridgehead atoms. The van der Waals surface area contributed by atoms with E-state index in [2.05, 4.69) is 10.1 Å². The highest BCUT2D eigenvalue weighted by Crippen LogP contribution is 2.30. The number of nitrogens with one attached hydrogen (secondary N) is 1. The number of nitrogen functional groups attached to an aromatic ring is 1. The van der Waals surface area contributed by atoms with Gasteiger partial charge >= 0.3 is 5.97 Å². The predicted molar refractivity (Wildman–Crippen MR) is 98.0 cm³/mol. The second-order valence-corrected chi connectivity index (χ2v) is 6.60. The van der Waals surface area contributed by atoms with Crippen molar-refractivity contribution in [1.29, 1.82) is 0 Å². The Morgan fingerprint density at radius 2 is 1.88 bits per heavy atom. The molecule has 5 nitrogen and oxygen atoms in total. The number of nitrogens with two attached hydrogens (primary N) is 1. The largest absolute Gasteiger partial charge is 0.465 e. The first kappa shape index (κ1) is 18.4. The SMILES string of the molecule is COC(=O)c1c(Cl)cc(Cl)cc1NC(=O)CSc1ccc(N)cc1. The molecular formula is C16H14Cl2N2O3S. The Bertz CT molecular complexity index is 767. The van der Waals surface area contributed by atoms with Crippen LogP contribution in [0.1, 0.15) is 10.4 Å². The van der Waals surface area contributed by atoms with Gasteiger partial charge in [0.05, 0.1) is 23.6 Å². The van der Waals surface area contributed by atoms with Crippen molar-refractivity contribution in [1.82, 2.24) is 0 Å². The van der Waals surface area contributed by atoms with Crippen molar-refractivity contribution in [2.24, 2.45) is 0 Å². The standard InChI is InChI=1S/C16H14Cl2N2O3S/c1-23-16(22)15-12(18)6-9(17)7-13(15)20-14(21)8-24-11-4-2-10(19)3-5-11/h2-7H,8,19H2,1H3,(H,20,21). The predicted octanol–water partition coefficient (Wildman–Crippen LogP) is 4.09. The fourth-order valence-corrected chi connectivity index (χ4v) is 3.15. The molecule has 1 amide bonds. The lowest BCUT2D eigenvalue weighted by molar-refractivity contribution is -0.113. The van der Waals surface area contributed by atoms with Gasteiger partial charge in [0, 0.05) is 15.6 Å². The van der Waals surface area contributed by atoms with Gasteiger partial charge in [0.2, 0.25) is 5.91 Å². The van der Waals surface area contributed by atoms with Gasteiger partial charge < -0.3 is 15.8 Å². The van der Waals surface area contributed by atoms with Crippen LogP contribution in [0.25, 0.3) is 0 Å². The highest BCUT2D eigenvalue weighted by Gasteiger charge is 2.19. The molecule has 2 aromatic carbocycles. The Morgan fingerprint density at radius 3 is 2.50 bits per heavy atom. The average molecular weight is 385 g/mol. The maximum absolute atomic E-state index is 12.1. The molecule has 0 saturated heterocycles. The number of halogens is 2. The molecule has 0 aliphatic heterocycles. The summed E-state index contributed by atoms with van der Waals surface area (Å²) in [5, 5.41) is 3.04. The molecule has 126 valence electrons. The van der Waals surface area contributed by atoms with E-state index in [0.29, 0.717) is 10.7 Å². The number of hydrogen-bond donors (Lipinski definition) is 2. The monoisotopic (exact) mass is 384 g/mol. The van der Waals surface area contributed by atoms with Crippen LogP contribution in [0.4, 0.5) is 11.4 Å². The third-order valence-corrected chi connectivity index (χ3v) is 4.50. The maximum atomic E-state index is 12.1. The number of carbonyl (C=O) groups excluding carboxylic acids is 2. The van der Waals surface area contributed by atoms with Crippen molar-refractivity contribution in [2.75, 3.05) is 23.9 Å². The van der Waals surface area contributed by atoms with Crippen LogP contribution >= 0.6 is 35.0 Å². The zero-order valence-corrected chi connectivity index (χ0v) is 15.0. The molecule has 3 N–H and O–H groups in total. The first-order valence-corrected chi connectivity index (χ1v) is 8.50. The van der Waals surface area contributed by atoms with E-state index in [4.69, 9.17) is 28.9 Å². The summed E-state index contributed by atoms with van der Waals surface area (Å²) in [4.78, 5) is 24.9. The summed E-state index contributed by atoms with van der Waals surface area (Å²) in [5.41, 5.74) is 6.54. The molecule has 24 heavy (non-hydrogen) atoms. The summed E-state index contributed by atoms with van der Waals surface area (Å²) in [5.74, 6) is -0.812.